The molecule has 0 saturated carbocycles. The highest BCUT2D eigenvalue weighted by Crippen LogP contribution is 2.36. The lowest BCUT2D eigenvalue weighted by Gasteiger charge is -2.20. The Labute approximate surface area is 163 Å². The van der Waals surface area contributed by atoms with Gasteiger partial charge in [0.25, 0.3) is 5.56 Å². The van der Waals surface area contributed by atoms with Gasteiger partial charge in [-0.1, -0.05) is 0 Å². The Kier molecular flexibility index (Phi) is 4.07. The minimum absolute atomic E-state index is 0.00655. The summed E-state index contributed by atoms with van der Waals surface area (Å²) in [5.41, 5.74) is 6.15. The molecular weight excluding hydrogens is 376 g/mol. The smallest absolute Gasteiger partial charge is 0.274 e. The molecule has 1 aliphatic heterocycles. The number of thiazole rings is 1. The van der Waals surface area contributed by atoms with Gasteiger partial charge in [0, 0.05) is 6.08 Å². The van der Waals surface area contributed by atoms with Crippen LogP contribution in [-0.4, -0.2) is 4.57 Å². The molecule has 4 heterocycles. The van der Waals surface area contributed by atoms with Gasteiger partial charge in [-0.25, -0.2) is 0 Å². The molecule has 7 nitrogen and oxygen atoms in total. The van der Waals surface area contributed by atoms with E-state index in [4.69, 9.17) is 14.6 Å². The molecule has 0 radical (unpaired) electrons. The molecule has 0 aliphatic carbocycles. The van der Waals surface area contributed by atoms with Crippen molar-refractivity contribution in [2.24, 2.45) is 5.73 Å². The van der Waals surface area contributed by atoms with E-state index in [-0.39, 0.29) is 17.0 Å². The SMILES string of the molecule is Cc1ccc(/C=c2\sc3n(c2=O)C(N)=C(C#N)C(c2ccc(C)o2)C=3C#N)o1. The standard InChI is InChI=1S/C20H14N4O3S/c1-10-3-5-12(26-10)7-16-19(25)24-18(23)13(8-21)17(14(9-22)20(24)28-16)15-6-4-11(2)27-15/h3-7,17H,23H2,1-2H3/b16-7-. The van der Waals surface area contributed by atoms with Gasteiger partial charge in [-0.3, -0.25) is 9.36 Å². The van der Waals surface area contributed by atoms with Crippen LogP contribution in [0, 0.1) is 36.5 Å². The van der Waals surface area contributed by atoms with Gasteiger partial charge in [0.05, 0.1) is 33.7 Å². The van der Waals surface area contributed by atoms with Crippen LogP contribution in [0.4, 0.5) is 0 Å². The topological polar surface area (TPSA) is 122 Å². The number of aryl methyl sites for hydroxylation is 2. The second-order valence-electron chi connectivity index (χ2n) is 6.32. The van der Waals surface area contributed by atoms with E-state index in [1.165, 1.54) is 4.57 Å². The summed E-state index contributed by atoms with van der Waals surface area (Å²) in [4.78, 5) is 12.9. The van der Waals surface area contributed by atoms with Crippen LogP contribution in [0.3, 0.4) is 0 Å². The van der Waals surface area contributed by atoms with Crippen molar-refractivity contribution in [3.8, 4) is 12.1 Å². The van der Waals surface area contributed by atoms with E-state index >= 15 is 0 Å². The van der Waals surface area contributed by atoms with Gasteiger partial charge in [0.15, 0.2) is 0 Å². The van der Waals surface area contributed by atoms with Gasteiger partial charge in [0.2, 0.25) is 0 Å². The first-order valence-corrected chi connectivity index (χ1v) is 9.17. The molecule has 8 heteroatoms. The molecule has 0 amide bonds. The molecule has 3 aromatic heterocycles. The molecule has 1 unspecified atom stereocenters. The van der Waals surface area contributed by atoms with Crippen molar-refractivity contribution >= 4 is 28.8 Å². The summed E-state index contributed by atoms with van der Waals surface area (Å²) in [5.74, 6) is 1.59. The Morgan fingerprint density at radius 2 is 1.79 bits per heavy atom. The first-order chi connectivity index (χ1) is 13.4. The number of nitriles is 2. The first-order valence-electron chi connectivity index (χ1n) is 8.35. The third-order valence-electron chi connectivity index (χ3n) is 4.47. The molecule has 0 fully saturated rings. The van der Waals surface area contributed by atoms with Crippen LogP contribution in [0.25, 0.3) is 17.5 Å². The van der Waals surface area contributed by atoms with E-state index in [1.54, 1.807) is 44.2 Å². The molecule has 138 valence electrons. The van der Waals surface area contributed by atoms with E-state index in [0.29, 0.717) is 26.5 Å². The van der Waals surface area contributed by atoms with E-state index in [2.05, 4.69) is 6.07 Å². The average molecular weight is 390 g/mol. The number of nitrogens with zero attached hydrogens (tertiary/aromatic N) is 3. The first kappa shape index (κ1) is 17.7. The monoisotopic (exact) mass is 390 g/mol. The second-order valence-corrected chi connectivity index (χ2v) is 7.35. The fraction of sp³-hybridized carbons (Fsp3) is 0.150. The van der Waals surface area contributed by atoms with E-state index < -0.39 is 11.5 Å². The van der Waals surface area contributed by atoms with Gasteiger partial charge in [-0.2, -0.15) is 10.5 Å². The van der Waals surface area contributed by atoms with Gasteiger partial charge in [-0.15, -0.1) is 11.3 Å². The molecule has 2 N–H and O–H groups in total. The summed E-state index contributed by atoms with van der Waals surface area (Å²) < 4.78 is 13.1. The van der Waals surface area contributed by atoms with Crippen molar-refractivity contribution in [2.75, 3.05) is 0 Å². The number of nitrogens with two attached hydrogens (primary N) is 1. The predicted molar refractivity (Wildman–Crippen MR) is 103 cm³/mol. The van der Waals surface area contributed by atoms with Gasteiger partial charge >= 0.3 is 0 Å². The third-order valence-corrected chi connectivity index (χ3v) is 5.58. The summed E-state index contributed by atoms with van der Waals surface area (Å²) in [5, 5.41) is 19.5. The Morgan fingerprint density at radius 1 is 1.11 bits per heavy atom. The maximum atomic E-state index is 12.9. The van der Waals surface area contributed by atoms with Crippen molar-refractivity contribution in [3.05, 3.63) is 72.4 Å². The molecule has 4 rings (SSSR count). The fourth-order valence-electron chi connectivity index (χ4n) is 3.20. The number of hydrogen-bond acceptors (Lipinski definition) is 7. The van der Waals surface area contributed by atoms with Crippen LogP contribution in [0.2, 0.25) is 0 Å². The van der Waals surface area contributed by atoms with Crippen LogP contribution in [0.1, 0.15) is 29.0 Å². The zero-order chi connectivity index (χ0) is 20.0. The number of furan rings is 2. The van der Waals surface area contributed by atoms with E-state index in [1.807, 2.05) is 6.07 Å². The van der Waals surface area contributed by atoms with Crippen molar-refractivity contribution in [3.63, 3.8) is 0 Å². The normalized spacial score (nSPS) is 16.8. The third kappa shape index (κ3) is 2.59. The number of rotatable bonds is 2. The van der Waals surface area contributed by atoms with Gasteiger partial charge < -0.3 is 14.6 Å². The zero-order valence-electron chi connectivity index (χ0n) is 15.0. The molecule has 0 spiro atoms. The lowest BCUT2D eigenvalue weighted by atomic mass is 9.88. The maximum Gasteiger partial charge on any atom is 0.274 e. The molecule has 1 atom stereocenters. The van der Waals surface area contributed by atoms with Crippen LogP contribution in [0.15, 0.2) is 43.5 Å². The summed E-state index contributed by atoms with van der Waals surface area (Å²) in [7, 11) is 0. The minimum Gasteiger partial charge on any atom is -0.465 e. The van der Waals surface area contributed by atoms with Crippen molar-refractivity contribution in [1.29, 1.82) is 10.5 Å². The highest BCUT2D eigenvalue weighted by molar-refractivity contribution is 7.07. The molecule has 1 aliphatic rings. The lowest BCUT2D eigenvalue weighted by Crippen LogP contribution is -2.38. The molecule has 0 saturated heterocycles. The highest BCUT2D eigenvalue weighted by atomic mass is 32.1. The van der Waals surface area contributed by atoms with Crippen molar-refractivity contribution in [1.82, 2.24) is 4.57 Å². The van der Waals surface area contributed by atoms with Crippen LogP contribution >= 0.6 is 11.3 Å². The molecular formula is C20H14N4O3S. The van der Waals surface area contributed by atoms with Gasteiger partial charge in [-0.05, 0) is 38.1 Å². The second kappa shape index (κ2) is 6.45. The largest absolute Gasteiger partial charge is 0.465 e. The Balaban J connectivity index is 2.07. The number of hydrogen-bond donors (Lipinski definition) is 1. The number of allylic oxidation sites excluding steroid dienone is 1. The highest BCUT2D eigenvalue weighted by Gasteiger charge is 2.34. The quantitative estimate of drug-likeness (QED) is 0.710. The Morgan fingerprint density at radius 3 is 2.36 bits per heavy atom. The summed E-state index contributed by atoms with van der Waals surface area (Å²) in [6, 6.07) is 11.2. The zero-order valence-corrected chi connectivity index (χ0v) is 15.8. The Bertz CT molecular complexity index is 1400. The minimum atomic E-state index is -0.750. The van der Waals surface area contributed by atoms with Crippen LogP contribution < -0.4 is 20.5 Å². The average Bonchev–Trinajstić information content (AvgIpc) is 3.35. The maximum absolute atomic E-state index is 12.9. The summed E-state index contributed by atoms with van der Waals surface area (Å²) in [6.45, 7) is 3.58. The van der Waals surface area contributed by atoms with E-state index in [0.717, 1.165) is 17.1 Å². The van der Waals surface area contributed by atoms with Crippen molar-refractivity contribution in [2.45, 2.75) is 19.8 Å². The van der Waals surface area contributed by atoms with Gasteiger partial charge in [0.1, 0.15) is 33.5 Å². The summed E-state index contributed by atoms with van der Waals surface area (Å²) in [6.07, 6.45) is 1.60. The molecule has 3 aromatic rings. The molecule has 28 heavy (non-hydrogen) atoms. The number of aromatic nitrogens is 1. The molecule has 0 bridgehead atoms. The number of fused-ring (bicyclic) bond motifs is 1. The van der Waals surface area contributed by atoms with Crippen molar-refractivity contribution < 1.29 is 8.83 Å². The van der Waals surface area contributed by atoms with E-state index in [9.17, 15) is 15.3 Å². The van der Waals surface area contributed by atoms with Crippen LogP contribution in [0.5, 0.6) is 0 Å². The Hall–Kier alpha value is -3.75. The summed E-state index contributed by atoms with van der Waals surface area (Å²) >= 11 is 1.13. The lowest BCUT2D eigenvalue weighted by molar-refractivity contribution is 0.482. The van der Waals surface area contributed by atoms with Crippen LogP contribution in [-0.2, 0) is 0 Å². The fourth-order valence-corrected chi connectivity index (χ4v) is 4.31. The molecule has 0 aromatic carbocycles. The predicted octanol–water partition coefficient (Wildman–Crippen LogP) is 1.66.